The molecule has 0 aliphatic carbocycles. The second kappa shape index (κ2) is 5.31. The number of hydrogen-bond donors (Lipinski definition) is 1. The van der Waals surface area contributed by atoms with Crippen LogP contribution in [0, 0.1) is 5.41 Å². The van der Waals surface area contributed by atoms with E-state index < -0.39 is 0 Å². The van der Waals surface area contributed by atoms with Crippen molar-refractivity contribution in [2.75, 3.05) is 13.6 Å². The van der Waals surface area contributed by atoms with Crippen LogP contribution < -0.4 is 5.73 Å². The molecule has 0 aromatic rings. The van der Waals surface area contributed by atoms with E-state index in [2.05, 4.69) is 53.5 Å². The Morgan fingerprint density at radius 3 is 2.00 bits per heavy atom. The molecule has 0 heterocycles. The molecule has 0 saturated carbocycles. The molecule has 2 unspecified atom stereocenters. The summed E-state index contributed by atoms with van der Waals surface area (Å²) in [5, 5.41) is 0. The molecule has 15 heavy (non-hydrogen) atoms. The molecule has 2 atom stereocenters. The fourth-order valence-corrected chi connectivity index (χ4v) is 2.02. The maximum absolute atomic E-state index is 6.27. The van der Waals surface area contributed by atoms with Crippen LogP contribution in [0.1, 0.15) is 54.4 Å². The monoisotopic (exact) mass is 214 g/mol. The third-order valence-corrected chi connectivity index (χ3v) is 3.35. The Hall–Kier alpha value is -0.0800. The Morgan fingerprint density at radius 2 is 1.67 bits per heavy atom. The van der Waals surface area contributed by atoms with E-state index in [9.17, 15) is 0 Å². The zero-order chi connectivity index (χ0) is 12.3. The minimum absolute atomic E-state index is 0.0526. The van der Waals surface area contributed by atoms with Gasteiger partial charge in [0, 0.05) is 18.1 Å². The lowest BCUT2D eigenvalue weighted by atomic mass is 9.86. The number of nitrogens with two attached hydrogens (primary N) is 1. The van der Waals surface area contributed by atoms with Gasteiger partial charge in [0.15, 0.2) is 0 Å². The van der Waals surface area contributed by atoms with Crippen LogP contribution in [0.2, 0.25) is 0 Å². The maximum atomic E-state index is 6.27. The summed E-state index contributed by atoms with van der Waals surface area (Å²) in [5.41, 5.74) is 6.53. The zero-order valence-corrected chi connectivity index (χ0v) is 11.7. The maximum Gasteiger partial charge on any atom is 0.0254 e. The van der Waals surface area contributed by atoms with Crippen LogP contribution >= 0.6 is 0 Å². The van der Waals surface area contributed by atoms with E-state index in [1.54, 1.807) is 0 Å². The van der Waals surface area contributed by atoms with Gasteiger partial charge in [0.25, 0.3) is 0 Å². The first-order valence-corrected chi connectivity index (χ1v) is 6.09. The summed E-state index contributed by atoms with van der Waals surface area (Å²) in [7, 11) is 2.18. The predicted octanol–water partition coefficient (Wildman–Crippen LogP) is 2.87. The van der Waals surface area contributed by atoms with Crippen LogP contribution in [-0.4, -0.2) is 30.1 Å². The van der Waals surface area contributed by atoms with E-state index in [-0.39, 0.29) is 5.54 Å². The molecule has 0 spiro atoms. The molecule has 0 rings (SSSR count). The number of nitrogens with zero attached hydrogens (tertiary/aromatic N) is 1. The summed E-state index contributed by atoms with van der Waals surface area (Å²) < 4.78 is 0. The van der Waals surface area contributed by atoms with Gasteiger partial charge >= 0.3 is 0 Å². The molecular formula is C13H30N2. The van der Waals surface area contributed by atoms with Crippen LogP contribution in [0.4, 0.5) is 0 Å². The van der Waals surface area contributed by atoms with Gasteiger partial charge in [-0.05, 0) is 32.7 Å². The lowest BCUT2D eigenvalue weighted by Gasteiger charge is -2.39. The topological polar surface area (TPSA) is 29.3 Å². The van der Waals surface area contributed by atoms with Gasteiger partial charge in [-0.25, -0.2) is 0 Å². The summed E-state index contributed by atoms with van der Waals surface area (Å²) in [6.07, 6.45) is 2.25. The van der Waals surface area contributed by atoms with Crippen LogP contribution in [0.5, 0.6) is 0 Å². The largest absolute Gasteiger partial charge is 0.324 e. The molecule has 0 aliphatic rings. The van der Waals surface area contributed by atoms with Crippen molar-refractivity contribution >= 4 is 0 Å². The third-order valence-electron chi connectivity index (χ3n) is 3.35. The molecule has 0 bridgehead atoms. The normalized spacial score (nSPS) is 19.0. The Kier molecular flexibility index (Phi) is 5.28. The summed E-state index contributed by atoms with van der Waals surface area (Å²) >= 11 is 0. The van der Waals surface area contributed by atoms with E-state index in [1.807, 2.05) is 0 Å². The molecule has 0 fully saturated rings. The van der Waals surface area contributed by atoms with Crippen molar-refractivity contribution in [1.29, 1.82) is 0 Å². The first-order valence-electron chi connectivity index (χ1n) is 6.09. The second-order valence-electron chi connectivity index (χ2n) is 6.36. The molecule has 92 valence electrons. The van der Waals surface area contributed by atoms with Crippen LogP contribution in [-0.2, 0) is 0 Å². The van der Waals surface area contributed by atoms with Crippen molar-refractivity contribution in [1.82, 2.24) is 4.90 Å². The van der Waals surface area contributed by atoms with E-state index in [0.717, 1.165) is 19.4 Å². The van der Waals surface area contributed by atoms with Gasteiger partial charge in [0.05, 0.1) is 0 Å². The van der Waals surface area contributed by atoms with Gasteiger partial charge in [-0.2, -0.15) is 0 Å². The van der Waals surface area contributed by atoms with Gasteiger partial charge in [0.1, 0.15) is 0 Å². The smallest absolute Gasteiger partial charge is 0.0254 e. The summed E-state index contributed by atoms with van der Waals surface area (Å²) in [4.78, 5) is 2.38. The molecule has 0 aromatic heterocycles. The highest BCUT2D eigenvalue weighted by molar-refractivity contribution is 4.86. The number of likely N-dealkylation sites (N-methyl/N-ethyl adjacent to an activating group) is 1. The van der Waals surface area contributed by atoms with E-state index in [4.69, 9.17) is 5.73 Å². The predicted molar refractivity (Wildman–Crippen MR) is 69.0 cm³/mol. The highest BCUT2D eigenvalue weighted by Gasteiger charge is 2.28. The standard InChI is InChI=1S/C13H30N2/c1-8-9-13(6,14)10-15(7)11(2)12(3,4)5/h11H,8-10,14H2,1-7H3. The molecule has 0 saturated heterocycles. The SMILES string of the molecule is CCCC(C)(N)CN(C)C(C)C(C)(C)C. The molecule has 2 nitrogen and oxygen atoms in total. The Labute approximate surface area is 96.2 Å². The van der Waals surface area contributed by atoms with Crippen molar-refractivity contribution in [3.05, 3.63) is 0 Å². The molecule has 0 radical (unpaired) electrons. The van der Waals surface area contributed by atoms with E-state index in [0.29, 0.717) is 11.5 Å². The zero-order valence-electron chi connectivity index (χ0n) is 11.7. The molecular weight excluding hydrogens is 184 g/mol. The fraction of sp³-hybridized carbons (Fsp3) is 1.00. The van der Waals surface area contributed by atoms with Gasteiger partial charge in [0.2, 0.25) is 0 Å². The highest BCUT2D eigenvalue weighted by atomic mass is 15.2. The molecule has 0 aliphatic heterocycles. The van der Waals surface area contributed by atoms with Crippen molar-refractivity contribution in [3.63, 3.8) is 0 Å². The van der Waals surface area contributed by atoms with Gasteiger partial charge in [-0.1, -0.05) is 34.1 Å². The Bertz CT molecular complexity index is 179. The lowest BCUT2D eigenvalue weighted by molar-refractivity contribution is 0.115. The quantitative estimate of drug-likeness (QED) is 0.762. The van der Waals surface area contributed by atoms with Gasteiger partial charge in [-0.3, -0.25) is 0 Å². The fourth-order valence-electron chi connectivity index (χ4n) is 2.02. The summed E-state index contributed by atoms with van der Waals surface area (Å²) in [6.45, 7) is 14.4. The average molecular weight is 214 g/mol. The van der Waals surface area contributed by atoms with Crippen molar-refractivity contribution in [3.8, 4) is 0 Å². The van der Waals surface area contributed by atoms with Crippen molar-refractivity contribution in [2.45, 2.75) is 66.0 Å². The second-order valence-corrected chi connectivity index (χ2v) is 6.36. The first kappa shape index (κ1) is 14.9. The van der Waals surface area contributed by atoms with Gasteiger partial charge < -0.3 is 10.6 Å². The van der Waals surface area contributed by atoms with Gasteiger partial charge in [-0.15, -0.1) is 0 Å². The van der Waals surface area contributed by atoms with Crippen molar-refractivity contribution < 1.29 is 0 Å². The Morgan fingerprint density at radius 1 is 1.20 bits per heavy atom. The van der Waals surface area contributed by atoms with E-state index in [1.165, 1.54) is 0 Å². The highest BCUT2D eigenvalue weighted by Crippen LogP contribution is 2.24. The summed E-state index contributed by atoms with van der Waals surface area (Å²) in [6, 6.07) is 0.553. The van der Waals surface area contributed by atoms with Crippen molar-refractivity contribution in [2.24, 2.45) is 11.1 Å². The number of rotatable bonds is 5. The number of hydrogen-bond acceptors (Lipinski definition) is 2. The molecule has 0 amide bonds. The minimum atomic E-state index is -0.0526. The van der Waals surface area contributed by atoms with Crippen LogP contribution in [0.3, 0.4) is 0 Å². The van der Waals surface area contributed by atoms with E-state index >= 15 is 0 Å². The lowest BCUT2D eigenvalue weighted by Crippen LogP contribution is -2.51. The molecule has 2 N–H and O–H groups in total. The average Bonchev–Trinajstić information content (AvgIpc) is 1.99. The molecule has 2 heteroatoms. The Balaban J connectivity index is 4.30. The summed E-state index contributed by atoms with van der Waals surface area (Å²) in [5.74, 6) is 0. The van der Waals surface area contributed by atoms with Crippen LogP contribution in [0.15, 0.2) is 0 Å². The first-order chi connectivity index (χ1) is 6.60. The molecule has 0 aromatic carbocycles. The van der Waals surface area contributed by atoms with Crippen LogP contribution in [0.25, 0.3) is 0 Å². The third kappa shape index (κ3) is 5.53. The minimum Gasteiger partial charge on any atom is -0.324 e.